The van der Waals surface area contributed by atoms with Crippen molar-refractivity contribution in [2.24, 2.45) is 11.8 Å². The molecule has 7 nitrogen and oxygen atoms in total. The van der Waals surface area contributed by atoms with Crippen LogP contribution in [-0.2, 0) is 9.59 Å². The van der Waals surface area contributed by atoms with Crippen molar-refractivity contribution in [3.8, 4) is 5.75 Å². The highest BCUT2D eigenvalue weighted by molar-refractivity contribution is 5.96. The lowest BCUT2D eigenvalue weighted by molar-refractivity contribution is -0.147. The van der Waals surface area contributed by atoms with Crippen molar-refractivity contribution in [1.29, 1.82) is 0 Å². The van der Waals surface area contributed by atoms with Gasteiger partial charge in [0, 0.05) is 5.56 Å². The van der Waals surface area contributed by atoms with E-state index in [1.165, 1.54) is 0 Å². The summed E-state index contributed by atoms with van der Waals surface area (Å²) in [5.74, 6) is -2.85. The first-order chi connectivity index (χ1) is 11.9. The van der Waals surface area contributed by atoms with Crippen LogP contribution in [0.5, 0.6) is 5.75 Å². The number of hydrazine groups is 1. The number of aliphatic carboxylic acids is 1. The zero-order valence-corrected chi connectivity index (χ0v) is 14.2. The van der Waals surface area contributed by atoms with E-state index in [1.807, 2.05) is 13.8 Å². The van der Waals surface area contributed by atoms with Crippen LogP contribution < -0.4 is 15.6 Å². The fraction of sp³-hybridized carbons (Fsp3) is 0.389. The van der Waals surface area contributed by atoms with Gasteiger partial charge in [-0.3, -0.25) is 25.2 Å². The number of benzene rings is 1. The molecule has 0 fully saturated rings. The van der Waals surface area contributed by atoms with E-state index in [-0.39, 0.29) is 6.10 Å². The Balaban J connectivity index is 1.91. The van der Waals surface area contributed by atoms with E-state index in [2.05, 4.69) is 10.9 Å². The van der Waals surface area contributed by atoms with Gasteiger partial charge in [-0.2, -0.15) is 0 Å². The maximum absolute atomic E-state index is 12.2. The molecule has 0 saturated heterocycles. The van der Waals surface area contributed by atoms with Gasteiger partial charge in [-0.25, -0.2) is 0 Å². The number of carboxylic acids is 1. The minimum absolute atomic E-state index is 0.0330. The molecule has 7 heteroatoms. The first-order valence-corrected chi connectivity index (χ1v) is 8.13. The zero-order valence-electron chi connectivity index (χ0n) is 14.2. The Morgan fingerprint density at radius 1 is 1.04 bits per heavy atom. The smallest absolute Gasteiger partial charge is 0.307 e. The summed E-state index contributed by atoms with van der Waals surface area (Å²) < 4.78 is 5.50. The maximum atomic E-state index is 12.2. The van der Waals surface area contributed by atoms with Crippen LogP contribution >= 0.6 is 0 Å². The quantitative estimate of drug-likeness (QED) is 0.558. The van der Waals surface area contributed by atoms with Gasteiger partial charge in [0.15, 0.2) is 0 Å². The van der Waals surface area contributed by atoms with Crippen LogP contribution in [0.3, 0.4) is 0 Å². The second kappa shape index (κ2) is 8.32. The summed E-state index contributed by atoms with van der Waals surface area (Å²) in [7, 11) is 0. The van der Waals surface area contributed by atoms with Crippen molar-refractivity contribution >= 4 is 17.8 Å². The second-order valence-corrected chi connectivity index (χ2v) is 6.13. The summed E-state index contributed by atoms with van der Waals surface area (Å²) in [5.41, 5.74) is 4.99. The maximum Gasteiger partial charge on any atom is 0.307 e. The highest BCUT2D eigenvalue weighted by Gasteiger charge is 2.34. The topological polar surface area (TPSA) is 105 Å². The van der Waals surface area contributed by atoms with Gasteiger partial charge in [-0.15, -0.1) is 0 Å². The van der Waals surface area contributed by atoms with E-state index < -0.39 is 29.6 Å². The van der Waals surface area contributed by atoms with Crippen LogP contribution in [0.25, 0.3) is 0 Å². The molecule has 134 valence electrons. The summed E-state index contributed by atoms with van der Waals surface area (Å²) in [5, 5.41) is 9.19. The fourth-order valence-electron chi connectivity index (χ4n) is 2.62. The van der Waals surface area contributed by atoms with Crippen molar-refractivity contribution in [1.82, 2.24) is 10.9 Å². The van der Waals surface area contributed by atoms with Crippen LogP contribution in [0, 0.1) is 11.8 Å². The molecule has 0 unspecified atom stereocenters. The average molecular weight is 346 g/mol. The monoisotopic (exact) mass is 346 g/mol. The number of amides is 2. The van der Waals surface area contributed by atoms with Gasteiger partial charge in [0.05, 0.1) is 17.9 Å². The summed E-state index contributed by atoms with van der Waals surface area (Å²) in [6.07, 6.45) is 4.20. The highest BCUT2D eigenvalue weighted by Crippen LogP contribution is 2.25. The molecular weight excluding hydrogens is 324 g/mol. The number of nitrogens with one attached hydrogen (secondary N) is 2. The zero-order chi connectivity index (χ0) is 18.4. The van der Waals surface area contributed by atoms with Crippen molar-refractivity contribution < 1.29 is 24.2 Å². The molecule has 0 aromatic heterocycles. The number of ether oxygens (including phenoxy) is 1. The average Bonchev–Trinajstić information content (AvgIpc) is 2.59. The van der Waals surface area contributed by atoms with Crippen molar-refractivity contribution in [3.63, 3.8) is 0 Å². The number of allylic oxidation sites excluding steroid dienone is 2. The summed E-state index contributed by atoms with van der Waals surface area (Å²) in [6.45, 7) is 3.81. The third-order valence-corrected chi connectivity index (χ3v) is 3.87. The van der Waals surface area contributed by atoms with E-state index >= 15 is 0 Å². The summed E-state index contributed by atoms with van der Waals surface area (Å²) in [6, 6.07) is 6.51. The standard InChI is InChI=1S/C18H22N2O5/c1-11(2)25-13-9-7-12(8-10-13)16(21)19-20-17(22)14-5-3-4-6-15(14)18(23)24/h3-4,7-11,14-15H,5-6H2,1-2H3,(H,19,21)(H,20,22)(H,23,24)/t14-,15-/m1/s1. The molecule has 25 heavy (non-hydrogen) atoms. The SMILES string of the molecule is CC(C)Oc1ccc(C(=O)NNC(=O)[C@@H]2CC=CC[C@H]2C(=O)O)cc1. The first-order valence-electron chi connectivity index (χ1n) is 8.13. The molecule has 1 aliphatic rings. The molecule has 0 heterocycles. The Hall–Kier alpha value is -2.83. The minimum atomic E-state index is -1.02. The third-order valence-electron chi connectivity index (χ3n) is 3.87. The van der Waals surface area contributed by atoms with E-state index in [4.69, 9.17) is 4.74 Å². The van der Waals surface area contributed by atoms with E-state index in [0.29, 0.717) is 24.2 Å². The lowest BCUT2D eigenvalue weighted by Crippen LogP contribution is -2.47. The molecule has 0 aliphatic heterocycles. The van der Waals surface area contributed by atoms with E-state index in [1.54, 1.807) is 36.4 Å². The minimum Gasteiger partial charge on any atom is -0.491 e. The molecule has 2 amide bonds. The lowest BCUT2D eigenvalue weighted by atomic mass is 9.82. The molecule has 1 aromatic rings. The molecule has 0 spiro atoms. The number of rotatable bonds is 5. The Bertz CT molecular complexity index is 667. The van der Waals surface area contributed by atoms with Crippen LogP contribution in [0.1, 0.15) is 37.0 Å². The summed E-state index contributed by atoms with van der Waals surface area (Å²) >= 11 is 0. The van der Waals surface area contributed by atoms with Gasteiger partial charge in [-0.05, 0) is 51.0 Å². The largest absolute Gasteiger partial charge is 0.491 e. The predicted molar refractivity (Wildman–Crippen MR) is 90.8 cm³/mol. The van der Waals surface area contributed by atoms with E-state index in [9.17, 15) is 19.5 Å². The van der Waals surface area contributed by atoms with Gasteiger partial charge < -0.3 is 9.84 Å². The Labute approximate surface area is 146 Å². The van der Waals surface area contributed by atoms with Crippen molar-refractivity contribution in [2.75, 3.05) is 0 Å². The second-order valence-electron chi connectivity index (χ2n) is 6.13. The summed E-state index contributed by atoms with van der Waals surface area (Å²) in [4.78, 5) is 35.5. The molecule has 0 saturated carbocycles. The fourth-order valence-corrected chi connectivity index (χ4v) is 2.62. The number of hydrogen-bond donors (Lipinski definition) is 3. The van der Waals surface area contributed by atoms with Crippen LogP contribution in [0.15, 0.2) is 36.4 Å². The number of carbonyl (C=O) groups is 3. The first kappa shape index (κ1) is 18.5. The normalized spacial score (nSPS) is 19.3. The lowest BCUT2D eigenvalue weighted by Gasteiger charge is -2.24. The number of carbonyl (C=O) groups excluding carboxylic acids is 2. The van der Waals surface area contributed by atoms with Crippen LogP contribution in [-0.4, -0.2) is 29.0 Å². The molecule has 0 bridgehead atoms. The number of hydrogen-bond acceptors (Lipinski definition) is 4. The molecule has 0 radical (unpaired) electrons. The molecule has 2 atom stereocenters. The molecule has 2 rings (SSSR count). The molecule has 3 N–H and O–H groups in total. The van der Waals surface area contributed by atoms with Crippen LogP contribution in [0.2, 0.25) is 0 Å². The van der Waals surface area contributed by atoms with Crippen LogP contribution in [0.4, 0.5) is 0 Å². The van der Waals surface area contributed by atoms with Gasteiger partial charge in [0.2, 0.25) is 5.91 Å². The molecular formula is C18H22N2O5. The Morgan fingerprint density at radius 2 is 1.64 bits per heavy atom. The Morgan fingerprint density at radius 3 is 2.20 bits per heavy atom. The molecule has 1 aromatic carbocycles. The highest BCUT2D eigenvalue weighted by atomic mass is 16.5. The third kappa shape index (κ3) is 5.07. The van der Waals surface area contributed by atoms with Gasteiger partial charge >= 0.3 is 5.97 Å². The van der Waals surface area contributed by atoms with Crippen molar-refractivity contribution in [2.45, 2.75) is 32.8 Å². The molecule has 1 aliphatic carbocycles. The van der Waals surface area contributed by atoms with E-state index in [0.717, 1.165) is 0 Å². The number of carboxylic acid groups (broad SMARTS) is 1. The predicted octanol–water partition coefficient (Wildman–Crippen LogP) is 1.90. The van der Waals surface area contributed by atoms with Crippen molar-refractivity contribution in [3.05, 3.63) is 42.0 Å². The Kier molecular flexibility index (Phi) is 6.16. The van der Waals surface area contributed by atoms with Gasteiger partial charge in [-0.1, -0.05) is 12.2 Å². The van der Waals surface area contributed by atoms with Gasteiger partial charge in [0.25, 0.3) is 5.91 Å². The van der Waals surface area contributed by atoms with Gasteiger partial charge in [0.1, 0.15) is 5.75 Å².